The van der Waals surface area contributed by atoms with Crippen LogP contribution in [0.25, 0.3) is 10.9 Å². The Labute approximate surface area is 118 Å². The van der Waals surface area contributed by atoms with Gasteiger partial charge in [0.05, 0.1) is 5.52 Å². The van der Waals surface area contributed by atoms with Crippen LogP contribution in [0.1, 0.15) is 18.4 Å². The van der Waals surface area contributed by atoms with Gasteiger partial charge in [0.2, 0.25) is 5.91 Å². The van der Waals surface area contributed by atoms with Crippen molar-refractivity contribution in [2.75, 3.05) is 13.1 Å². The van der Waals surface area contributed by atoms with Crippen molar-refractivity contribution in [3.8, 4) is 0 Å². The zero-order chi connectivity index (χ0) is 13.8. The summed E-state index contributed by atoms with van der Waals surface area (Å²) in [6.07, 6.45) is 3.93. The number of para-hydroxylation sites is 1. The van der Waals surface area contributed by atoms with E-state index < -0.39 is 0 Å². The number of aromatic nitrogens is 1. The van der Waals surface area contributed by atoms with Crippen LogP contribution in [0.2, 0.25) is 0 Å². The molecule has 2 aromatic rings. The van der Waals surface area contributed by atoms with Crippen LogP contribution in [-0.4, -0.2) is 24.0 Å². The first kappa shape index (κ1) is 13.1. The Morgan fingerprint density at radius 3 is 2.90 bits per heavy atom. The molecule has 1 aliphatic carbocycles. The van der Waals surface area contributed by atoms with E-state index in [9.17, 15) is 4.79 Å². The van der Waals surface area contributed by atoms with Gasteiger partial charge in [-0.3, -0.25) is 9.78 Å². The highest BCUT2D eigenvalue weighted by molar-refractivity contribution is 5.81. The molecule has 2 N–H and O–H groups in total. The third-order valence-electron chi connectivity index (χ3n) is 3.58. The number of carbonyl (C=O) groups excluding carboxylic acids is 1. The van der Waals surface area contributed by atoms with E-state index in [1.807, 2.05) is 12.3 Å². The zero-order valence-corrected chi connectivity index (χ0v) is 11.4. The van der Waals surface area contributed by atoms with E-state index in [4.69, 9.17) is 0 Å². The summed E-state index contributed by atoms with van der Waals surface area (Å²) in [5.74, 6) is 0.496. The molecule has 1 fully saturated rings. The van der Waals surface area contributed by atoms with Crippen molar-refractivity contribution in [1.29, 1.82) is 0 Å². The van der Waals surface area contributed by atoms with Crippen molar-refractivity contribution in [3.63, 3.8) is 0 Å². The molecule has 1 aliphatic rings. The third-order valence-corrected chi connectivity index (χ3v) is 3.58. The number of hydrogen-bond acceptors (Lipinski definition) is 3. The standard InChI is InChI=1S/C16H19N3O/c20-16(13-6-7-13)19-10-9-17-11-14-4-1-3-12-5-2-8-18-15(12)14/h1-5,8,13,17H,6-7,9-11H2,(H,19,20). The average molecular weight is 269 g/mol. The molecule has 1 amide bonds. The van der Waals surface area contributed by atoms with Gasteiger partial charge in [0.25, 0.3) is 0 Å². The van der Waals surface area contributed by atoms with Crippen molar-refractivity contribution >= 4 is 16.8 Å². The second-order valence-electron chi connectivity index (χ2n) is 5.23. The van der Waals surface area contributed by atoms with Crippen LogP contribution in [0.5, 0.6) is 0 Å². The fourth-order valence-electron chi connectivity index (χ4n) is 2.30. The molecule has 1 saturated carbocycles. The molecular formula is C16H19N3O. The number of pyridine rings is 1. The zero-order valence-electron chi connectivity index (χ0n) is 11.4. The van der Waals surface area contributed by atoms with Gasteiger partial charge in [0.15, 0.2) is 0 Å². The van der Waals surface area contributed by atoms with Gasteiger partial charge in [-0.05, 0) is 24.5 Å². The lowest BCUT2D eigenvalue weighted by atomic mass is 10.1. The SMILES string of the molecule is O=C(NCCNCc1cccc2cccnc12)C1CC1. The molecule has 4 heteroatoms. The van der Waals surface area contributed by atoms with Gasteiger partial charge in [-0.25, -0.2) is 0 Å². The lowest BCUT2D eigenvalue weighted by molar-refractivity contribution is -0.122. The van der Waals surface area contributed by atoms with E-state index >= 15 is 0 Å². The maximum atomic E-state index is 11.5. The summed E-state index contributed by atoms with van der Waals surface area (Å²) in [6.45, 7) is 2.24. The number of amides is 1. The minimum absolute atomic E-state index is 0.207. The summed E-state index contributed by atoms with van der Waals surface area (Å²) < 4.78 is 0. The second kappa shape index (κ2) is 6.01. The number of hydrogen-bond donors (Lipinski definition) is 2. The van der Waals surface area contributed by atoms with Crippen molar-refractivity contribution in [2.45, 2.75) is 19.4 Å². The third kappa shape index (κ3) is 3.14. The molecule has 0 aliphatic heterocycles. The smallest absolute Gasteiger partial charge is 0.223 e. The Morgan fingerprint density at radius 1 is 1.20 bits per heavy atom. The summed E-state index contributed by atoms with van der Waals surface area (Å²) in [5.41, 5.74) is 2.24. The summed E-state index contributed by atoms with van der Waals surface area (Å²) in [7, 11) is 0. The fraction of sp³-hybridized carbons (Fsp3) is 0.375. The molecule has 1 aromatic heterocycles. The van der Waals surface area contributed by atoms with Crippen LogP contribution in [-0.2, 0) is 11.3 Å². The van der Waals surface area contributed by atoms with Crippen molar-refractivity contribution < 1.29 is 4.79 Å². The van der Waals surface area contributed by atoms with Gasteiger partial charge >= 0.3 is 0 Å². The number of rotatable bonds is 6. The Balaban J connectivity index is 1.48. The Kier molecular flexibility index (Phi) is 3.92. The van der Waals surface area contributed by atoms with E-state index in [0.717, 1.165) is 36.8 Å². The second-order valence-corrected chi connectivity index (χ2v) is 5.23. The van der Waals surface area contributed by atoms with Gasteiger partial charge < -0.3 is 10.6 Å². The summed E-state index contributed by atoms with van der Waals surface area (Å²) >= 11 is 0. The van der Waals surface area contributed by atoms with Crippen LogP contribution >= 0.6 is 0 Å². The lowest BCUT2D eigenvalue weighted by Gasteiger charge is -2.08. The largest absolute Gasteiger partial charge is 0.355 e. The Morgan fingerprint density at radius 2 is 2.05 bits per heavy atom. The van der Waals surface area contributed by atoms with Crippen molar-refractivity contribution in [3.05, 3.63) is 42.1 Å². The minimum Gasteiger partial charge on any atom is -0.355 e. The van der Waals surface area contributed by atoms with Gasteiger partial charge in [0.1, 0.15) is 0 Å². The van der Waals surface area contributed by atoms with Crippen LogP contribution < -0.4 is 10.6 Å². The molecular weight excluding hydrogens is 250 g/mol. The van der Waals surface area contributed by atoms with E-state index in [1.54, 1.807) is 0 Å². The maximum Gasteiger partial charge on any atom is 0.223 e. The monoisotopic (exact) mass is 269 g/mol. The summed E-state index contributed by atoms with van der Waals surface area (Å²) in [5, 5.41) is 7.47. The molecule has 0 bridgehead atoms. The summed E-state index contributed by atoms with van der Waals surface area (Å²) in [6, 6.07) is 10.2. The Hall–Kier alpha value is -1.94. The Bertz CT molecular complexity index is 602. The number of nitrogens with zero attached hydrogens (tertiary/aromatic N) is 1. The predicted molar refractivity (Wildman–Crippen MR) is 79.2 cm³/mol. The number of nitrogens with one attached hydrogen (secondary N) is 2. The van der Waals surface area contributed by atoms with Gasteiger partial charge in [-0.15, -0.1) is 0 Å². The minimum atomic E-state index is 0.207. The molecule has 4 nitrogen and oxygen atoms in total. The molecule has 104 valence electrons. The van der Waals surface area contributed by atoms with E-state index in [1.165, 1.54) is 5.56 Å². The molecule has 20 heavy (non-hydrogen) atoms. The molecule has 0 unspecified atom stereocenters. The molecule has 0 radical (unpaired) electrons. The van der Waals surface area contributed by atoms with Crippen LogP contribution in [0.4, 0.5) is 0 Å². The maximum absolute atomic E-state index is 11.5. The van der Waals surface area contributed by atoms with Crippen LogP contribution in [0.3, 0.4) is 0 Å². The van der Waals surface area contributed by atoms with Crippen LogP contribution in [0.15, 0.2) is 36.5 Å². The highest BCUT2D eigenvalue weighted by atomic mass is 16.2. The van der Waals surface area contributed by atoms with E-state index in [0.29, 0.717) is 6.54 Å². The van der Waals surface area contributed by atoms with Crippen molar-refractivity contribution in [2.24, 2.45) is 5.92 Å². The topological polar surface area (TPSA) is 54.0 Å². The van der Waals surface area contributed by atoms with E-state index in [-0.39, 0.29) is 11.8 Å². The number of carbonyl (C=O) groups is 1. The van der Waals surface area contributed by atoms with Gasteiger partial charge in [0, 0.05) is 37.1 Å². The van der Waals surface area contributed by atoms with Crippen molar-refractivity contribution in [1.82, 2.24) is 15.6 Å². The lowest BCUT2D eigenvalue weighted by Crippen LogP contribution is -2.32. The van der Waals surface area contributed by atoms with Gasteiger partial charge in [-0.1, -0.05) is 24.3 Å². The highest BCUT2D eigenvalue weighted by Crippen LogP contribution is 2.28. The first-order valence-corrected chi connectivity index (χ1v) is 7.15. The molecule has 1 heterocycles. The quantitative estimate of drug-likeness (QED) is 0.787. The molecule has 1 aromatic carbocycles. The first-order valence-electron chi connectivity index (χ1n) is 7.15. The summed E-state index contributed by atoms with van der Waals surface area (Å²) in [4.78, 5) is 15.9. The first-order chi connectivity index (χ1) is 9.84. The van der Waals surface area contributed by atoms with Gasteiger partial charge in [-0.2, -0.15) is 0 Å². The highest BCUT2D eigenvalue weighted by Gasteiger charge is 2.28. The number of benzene rings is 1. The predicted octanol–water partition coefficient (Wildman–Crippen LogP) is 1.85. The molecule has 0 atom stereocenters. The number of fused-ring (bicyclic) bond motifs is 1. The fourth-order valence-corrected chi connectivity index (χ4v) is 2.30. The molecule has 0 saturated heterocycles. The molecule has 0 spiro atoms. The van der Waals surface area contributed by atoms with Crippen LogP contribution in [0, 0.1) is 5.92 Å². The molecule has 3 rings (SSSR count). The van der Waals surface area contributed by atoms with E-state index in [2.05, 4.69) is 39.9 Å². The average Bonchev–Trinajstić information content (AvgIpc) is 3.31. The normalized spacial score (nSPS) is 14.4.